The maximum atomic E-state index is 7.75. The van der Waals surface area contributed by atoms with Gasteiger partial charge < -0.3 is 9.14 Å². The molecule has 4 heteroatoms. The van der Waals surface area contributed by atoms with Crippen molar-refractivity contribution in [2.45, 2.75) is 6.92 Å². The van der Waals surface area contributed by atoms with Crippen LogP contribution in [0.1, 0.15) is 12.5 Å². The Hall–Kier alpha value is -2.62. The largest absolute Gasteiger partial charge is 0.478 e. The van der Waals surface area contributed by atoms with Crippen molar-refractivity contribution in [2.75, 3.05) is 6.61 Å². The molecule has 100 valence electrons. The van der Waals surface area contributed by atoms with Crippen molar-refractivity contribution >= 4 is 11.5 Å². The lowest BCUT2D eigenvalue weighted by Crippen LogP contribution is -2.04. The topological polar surface area (TPSA) is 50.4 Å². The number of nitrogens with one attached hydrogen (secondary N) is 1. The van der Waals surface area contributed by atoms with E-state index in [0.717, 1.165) is 22.5 Å². The highest BCUT2D eigenvalue weighted by Crippen LogP contribution is 2.19. The van der Waals surface area contributed by atoms with Crippen LogP contribution in [-0.2, 0) is 4.74 Å². The number of pyridine rings is 1. The Morgan fingerprint density at radius 3 is 2.70 bits per heavy atom. The van der Waals surface area contributed by atoms with Gasteiger partial charge in [-0.05, 0) is 31.2 Å². The Labute approximate surface area is 117 Å². The molecule has 20 heavy (non-hydrogen) atoms. The number of ether oxygens (including phenoxy) is 1. The zero-order valence-corrected chi connectivity index (χ0v) is 11.2. The second-order valence-corrected chi connectivity index (χ2v) is 4.43. The lowest BCUT2D eigenvalue weighted by Gasteiger charge is -2.05. The molecular weight excluding hydrogens is 250 g/mol. The normalized spacial score (nSPS) is 10.7. The van der Waals surface area contributed by atoms with Crippen molar-refractivity contribution in [2.24, 2.45) is 0 Å². The minimum atomic E-state index is 0.203. The second-order valence-electron chi connectivity index (χ2n) is 4.43. The number of aromatic nitrogens is 2. The van der Waals surface area contributed by atoms with Gasteiger partial charge in [-0.15, -0.1) is 0 Å². The molecule has 0 saturated carbocycles. The molecule has 3 aromatic rings. The van der Waals surface area contributed by atoms with Gasteiger partial charge in [0.2, 0.25) is 5.90 Å². The van der Waals surface area contributed by atoms with Gasteiger partial charge in [-0.2, -0.15) is 0 Å². The molecule has 1 aromatic carbocycles. The van der Waals surface area contributed by atoms with E-state index in [1.807, 2.05) is 66.2 Å². The van der Waals surface area contributed by atoms with Gasteiger partial charge in [0.15, 0.2) is 0 Å². The first-order valence-corrected chi connectivity index (χ1v) is 6.54. The molecule has 0 radical (unpaired) electrons. The summed E-state index contributed by atoms with van der Waals surface area (Å²) in [5.41, 5.74) is 3.65. The number of benzene rings is 1. The van der Waals surface area contributed by atoms with Gasteiger partial charge >= 0.3 is 0 Å². The van der Waals surface area contributed by atoms with Crippen LogP contribution in [-0.4, -0.2) is 21.9 Å². The zero-order valence-electron chi connectivity index (χ0n) is 11.2. The van der Waals surface area contributed by atoms with Gasteiger partial charge in [0.1, 0.15) is 5.65 Å². The minimum Gasteiger partial charge on any atom is -0.478 e. The summed E-state index contributed by atoms with van der Waals surface area (Å²) in [6.07, 6.45) is 3.98. The van der Waals surface area contributed by atoms with E-state index in [1.165, 1.54) is 0 Å². The third-order valence-electron chi connectivity index (χ3n) is 3.10. The molecule has 0 aliphatic carbocycles. The molecule has 3 rings (SSSR count). The molecule has 4 nitrogen and oxygen atoms in total. The van der Waals surface area contributed by atoms with E-state index in [2.05, 4.69) is 4.98 Å². The third-order valence-corrected chi connectivity index (χ3v) is 3.10. The van der Waals surface area contributed by atoms with Crippen LogP contribution in [0.25, 0.3) is 16.9 Å². The fourth-order valence-corrected chi connectivity index (χ4v) is 2.09. The molecular formula is C16H15N3O. The SMILES string of the molecule is CCOC(=N)c1ccc(-c2cn3ccccc3n2)cc1. The van der Waals surface area contributed by atoms with Crippen LogP contribution in [0.4, 0.5) is 0 Å². The highest BCUT2D eigenvalue weighted by molar-refractivity contribution is 5.92. The Kier molecular flexibility index (Phi) is 3.21. The fraction of sp³-hybridized carbons (Fsp3) is 0.125. The summed E-state index contributed by atoms with van der Waals surface area (Å²) in [5.74, 6) is 0.203. The predicted octanol–water partition coefficient (Wildman–Crippen LogP) is 3.36. The van der Waals surface area contributed by atoms with Gasteiger partial charge in [-0.1, -0.05) is 18.2 Å². The van der Waals surface area contributed by atoms with Crippen LogP contribution >= 0.6 is 0 Å². The Balaban J connectivity index is 1.92. The maximum absolute atomic E-state index is 7.75. The molecule has 0 bridgehead atoms. The number of imidazole rings is 1. The molecule has 0 spiro atoms. The van der Waals surface area contributed by atoms with Gasteiger partial charge in [-0.3, -0.25) is 5.41 Å². The van der Waals surface area contributed by atoms with Crippen molar-refractivity contribution < 1.29 is 4.74 Å². The first-order valence-electron chi connectivity index (χ1n) is 6.54. The second kappa shape index (κ2) is 5.17. The minimum absolute atomic E-state index is 0.203. The molecule has 0 saturated heterocycles. The summed E-state index contributed by atoms with van der Waals surface area (Å²) in [7, 11) is 0. The van der Waals surface area contributed by atoms with Crippen LogP contribution in [0.5, 0.6) is 0 Å². The van der Waals surface area contributed by atoms with Crippen molar-refractivity contribution in [3.8, 4) is 11.3 Å². The quantitative estimate of drug-likeness (QED) is 0.583. The van der Waals surface area contributed by atoms with Crippen LogP contribution < -0.4 is 0 Å². The van der Waals surface area contributed by atoms with E-state index in [9.17, 15) is 0 Å². The van der Waals surface area contributed by atoms with Crippen molar-refractivity contribution in [1.29, 1.82) is 5.41 Å². The summed E-state index contributed by atoms with van der Waals surface area (Å²) in [6.45, 7) is 2.38. The van der Waals surface area contributed by atoms with E-state index in [4.69, 9.17) is 10.1 Å². The predicted molar refractivity (Wildman–Crippen MR) is 79.1 cm³/mol. The lowest BCUT2D eigenvalue weighted by molar-refractivity contribution is 0.325. The van der Waals surface area contributed by atoms with Crippen LogP contribution in [0.15, 0.2) is 54.9 Å². The summed E-state index contributed by atoms with van der Waals surface area (Å²) >= 11 is 0. The van der Waals surface area contributed by atoms with Gasteiger partial charge in [0.05, 0.1) is 12.3 Å². The average Bonchev–Trinajstić information content (AvgIpc) is 2.91. The van der Waals surface area contributed by atoms with E-state index in [-0.39, 0.29) is 5.90 Å². The number of hydrogen-bond donors (Lipinski definition) is 1. The maximum Gasteiger partial charge on any atom is 0.213 e. The number of rotatable bonds is 3. The average molecular weight is 265 g/mol. The lowest BCUT2D eigenvalue weighted by atomic mass is 10.1. The smallest absolute Gasteiger partial charge is 0.213 e. The van der Waals surface area contributed by atoms with Crippen molar-refractivity contribution in [3.63, 3.8) is 0 Å². The van der Waals surface area contributed by atoms with Crippen LogP contribution in [0.3, 0.4) is 0 Å². The Morgan fingerprint density at radius 1 is 1.20 bits per heavy atom. The summed E-state index contributed by atoms with van der Waals surface area (Å²) in [4.78, 5) is 4.57. The van der Waals surface area contributed by atoms with Crippen LogP contribution in [0, 0.1) is 5.41 Å². The van der Waals surface area contributed by atoms with E-state index in [0.29, 0.717) is 6.61 Å². The summed E-state index contributed by atoms with van der Waals surface area (Å²) in [5, 5.41) is 7.75. The molecule has 0 aliphatic heterocycles. The standard InChI is InChI=1S/C16H15N3O/c1-2-20-16(17)13-8-6-12(7-9-13)14-11-19-10-4-3-5-15(19)18-14/h3-11,17H,2H2,1H3. The van der Waals surface area contributed by atoms with Gasteiger partial charge in [0, 0.05) is 23.5 Å². The molecule has 0 atom stereocenters. The molecule has 0 fully saturated rings. The Morgan fingerprint density at radius 2 is 2.00 bits per heavy atom. The highest BCUT2D eigenvalue weighted by atomic mass is 16.5. The van der Waals surface area contributed by atoms with Crippen molar-refractivity contribution in [3.05, 3.63) is 60.4 Å². The first kappa shape index (κ1) is 12.4. The number of hydrogen-bond acceptors (Lipinski definition) is 3. The van der Waals surface area contributed by atoms with E-state index >= 15 is 0 Å². The van der Waals surface area contributed by atoms with Gasteiger partial charge in [0.25, 0.3) is 0 Å². The molecule has 2 aromatic heterocycles. The van der Waals surface area contributed by atoms with E-state index < -0.39 is 0 Å². The van der Waals surface area contributed by atoms with Gasteiger partial charge in [-0.25, -0.2) is 4.98 Å². The monoisotopic (exact) mass is 265 g/mol. The molecule has 0 amide bonds. The Bertz CT molecular complexity index is 711. The molecule has 2 heterocycles. The fourth-order valence-electron chi connectivity index (χ4n) is 2.09. The first-order chi connectivity index (χ1) is 9.78. The van der Waals surface area contributed by atoms with E-state index in [1.54, 1.807) is 0 Å². The number of fused-ring (bicyclic) bond motifs is 1. The molecule has 0 unspecified atom stereocenters. The summed E-state index contributed by atoms with van der Waals surface area (Å²) in [6, 6.07) is 13.6. The van der Waals surface area contributed by atoms with Crippen molar-refractivity contribution in [1.82, 2.24) is 9.38 Å². The van der Waals surface area contributed by atoms with Crippen LogP contribution in [0.2, 0.25) is 0 Å². The zero-order chi connectivity index (χ0) is 13.9. The molecule has 0 aliphatic rings. The molecule has 1 N–H and O–H groups in total. The number of nitrogens with zero attached hydrogens (tertiary/aromatic N) is 2. The third kappa shape index (κ3) is 2.28. The highest BCUT2D eigenvalue weighted by Gasteiger charge is 2.06. The summed E-state index contributed by atoms with van der Waals surface area (Å²) < 4.78 is 7.18.